The number of hydrogen-bond acceptors (Lipinski definition) is 5. The minimum absolute atomic E-state index is 0.0180. The van der Waals surface area contributed by atoms with Crippen molar-refractivity contribution in [2.24, 2.45) is 0 Å². The fourth-order valence-corrected chi connectivity index (χ4v) is 4.05. The lowest BCUT2D eigenvalue weighted by Crippen LogP contribution is -2.47. The van der Waals surface area contributed by atoms with Crippen molar-refractivity contribution in [3.8, 4) is 5.75 Å². The van der Waals surface area contributed by atoms with Gasteiger partial charge in [0.2, 0.25) is 0 Å². The second-order valence-electron chi connectivity index (χ2n) is 5.72. The molecular weight excluding hydrogens is 300 g/mol. The number of methoxy groups -OCH3 is 1. The Labute approximate surface area is 135 Å². The SMILES string of the molecule is COc1ccc(C(=O)N2C[C@H](O)[C@@H](N3CCSCC3)C2)cc1. The van der Waals surface area contributed by atoms with E-state index in [0.29, 0.717) is 18.7 Å². The van der Waals surface area contributed by atoms with Crippen molar-refractivity contribution in [1.82, 2.24) is 9.80 Å². The van der Waals surface area contributed by atoms with Gasteiger partial charge in [-0.15, -0.1) is 0 Å². The second-order valence-corrected chi connectivity index (χ2v) is 6.95. The van der Waals surface area contributed by atoms with Crippen LogP contribution in [-0.4, -0.2) is 77.8 Å². The molecule has 1 aromatic rings. The standard InChI is InChI=1S/C16H22N2O3S/c1-21-13-4-2-12(3-5-13)16(20)18-10-14(15(19)11-18)17-6-8-22-9-7-17/h2-5,14-15,19H,6-11H2,1H3/t14-,15-/m0/s1. The molecule has 2 fully saturated rings. The van der Waals surface area contributed by atoms with Gasteiger partial charge in [0.15, 0.2) is 0 Å². The molecule has 0 aromatic heterocycles. The third kappa shape index (κ3) is 3.24. The Morgan fingerprint density at radius 3 is 2.55 bits per heavy atom. The van der Waals surface area contributed by atoms with E-state index in [9.17, 15) is 9.90 Å². The van der Waals surface area contributed by atoms with Gasteiger partial charge in [0.05, 0.1) is 19.3 Å². The summed E-state index contributed by atoms with van der Waals surface area (Å²) < 4.78 is 5.11. The largest absolute Gasteiger partial charge is 0.497 e. The van der Waals surface area contributed by atoms with Crippen molar-refractivity contribution < 1.29 is 14.6 Å². The maximum absolute atomic E-state index is 12.6. The van der Waals surface area contributed by atoms with Crippen LogP contribution >= 0.6 is 11.8 Å². The quantitative estimate of drug-likeness (QED) is 0.897. The topological polar surface area (TPSA) is 53.0 Å². The second kappa shape index (κ2) is 6.89. The molecule has 0 radical (unpaired) electrons. The number of ether oxygens (including phenoxy) is 1. The molecule has 2 heterocycles. The number of amides is 1. The van der Waals surface area contributed by atoms with Gasteiger partial charge in [-0.2, -0.15) is 11.8 Å². The lowest BCUT2D eigenvalue weighted by atomic mass is 10.2. The van der Waals surface area contributed by atoms with E-state index in [1.807, 2.05) is 11.8 Å². The Morgan fingerprint density at radius 1 is 1.23 bits per heavy atom. The van der Waals surface area contributed by atoms with Gasteiger partial charge in [0, 0.05) is 43.2 Å². The Kier molecular flexibility index (Phi) is 4.90. The first-order chi connectivity index (χ1) is 10.7. The van der Waals surface area contributed by atoms with Crippen LogP contribution in [0.25, 0.3) is 0 Å². The average Bonchev–Trinajstić information content (AvgIpc) is 2.97. The monoisotopic (exact) mass is 322 g/mol. The van der Waals surface area contributed by atoms with Crippen LogP contribution in [-0.2, 0) is 0 Å². The molecule has 2 aliphatic rings. The van der Waals surface area contributed by atoms with Gasteiger partial charge in [-0.3, -0.25) is 9.69 Å². The Balaban J connectivity index is 1.66. The first kappa shape index (κ1) is 15.6. The van der Waals surface area contributed by atoms with E-state index < -0.39 is 6.10 Å². The Hall–Kier alpha value is -1.24. The highest BCUT2D eigenvalue weighted by Crippen LogP contribution is 2.22. The molecule has 2 saturated heterocycles. The van der Waals surface area contributed by atoms with E-state index in [1.165, 1.54) is 0 Å². The molecule has 22 heavy (non-hydrogen) atoms. The summed E-state index contributed by atoms with van der Waals surface area (Å²) in [6.07, 6.45) is -0.453. The number of carbonyl (C=O) groups is 1. The number of aliphatic hydroxyl groups excluding tert-OH is 1. The van der Waals surface area contributed by atoms with E-state index in [4.69, 9.17) is 4.74 Å². The molecule has 0 unspecified atom stereocenters. The molecule has 3 rings (SSSR count). The van der Waals surface area contributed by atoms with Crippen molar-refractivity contribution >= 4 is 17.7 Å². The summed E-state index contributed by atoms with van der Waals surface area (Å²) in [6, 6.07) is 7.21. The fourth-order valence-electron chi connectivity index (χ4n) is 3.12. The van der Waals surface area contributed by atoms with E-state index in [1.54, 1.807) is 36.3 Å². The summed E-state index contributed by atoms with van der Waals surface area (Å²) in [4.78, 5) is 16.7. The van der Waals surface area contributed by atoms with Crippen molar-refractivity contribution in [3.63, 3.8) is 0 Å². The molecule has 2 atom stereocenters. The highest BCUT2D eigenvalue weighted by Gasteiger charge is 2.38. The number of benzene rings is 1. The van der Waals surface area contributed by atoms with Crippen LogP contribution in [0, 0.1) is 0 Å². The highest BCUT2D eigenvalue weighted by molar-refractivity contribution is 7.99. The predicted octanol–water partition coefficient (Wildman–Crippen LogP) is 0.929. The Morgan fingerprint density at radius 2 is 1.91 bits per heavy atom. The molecule has 5 nitrogen and oxygen atoms in total. The zero-order valence-electron chi connectivity index (χ0n) is 12.8. The van der Waals surface area contributed by atoms with Gasteiger partial charge in [-0.05, 0) is 24.3 Å². The zero-order valence-corrected chi connectivity index (χ0v) is 13.6. The molecule has 0 aliphatic carbocycles. The van der Waals surface area contributed by atoms with Gasteiger partial charge in [0.25, 0.3) is 5.91 Å². The maximum Gasteiger partial charge on any atom is 0.254 e. The van der Waals surface area contributed by atoms with Gasteiger partial charge in [0.1, 0.15) is 5.75 Å². The van der Waals surface area contributed by atoms with Crippen LogP contribution < -0.4 is 4.74 Å². The summed E-state index contributed by atoms with van der Waals surface area (Å²) in [5, 5.41) is 10.3. The maximum atomic E-state index is 12.6. The van der Waals surface area contributed by atoms with Gasteiger partial charge >= 0.3 is 0 Å². The summed E-state index contributed by atoms with van der Waals surface area (Å²) in [6.45, 7) is 3.02. The predicted molar refractivity (Wildman–Crippen MR) is 87.6 cm³/mol. The molecule has 0 spiro atoms. The first-order valence-electron chi connectivity index (χ1n) is 7.62. The lowest BCUT2D eigenvalue weighted by molar-refractivity contribution is 0.0762. The van der Waals surface area contributed by atoms with Crippen LogP contribution in [0.15, 0.2) is 24.3 Å². The van der Waals surface area contributed by atoms with Crippen molar-refractivity contribution in [2.45, 2.75) is 12.1 Å². The van der Waals surface area contributed by atoms with Crippen LogP contribution in [0.3, 0.4) is 0 Å². The highest BCUT2D eigenvalue weighted by atomic mass is 32.2. The Bertz CT molecular complexity index is 517. The van der Waals surface area contributed by atoms with Crippen molar-refractivity contribution in [2.75, 3.05) is 44.8 Å². The van der Waals surface area contributed by atoms with Crippen molar-refractivity contribution in [1.29, 1.82) is 0 Å². The third-order valence-electron chi connectivity index (χ3n) is 4.40. The number of hydrogen-bond donors (Lipinski definition) is 1. The van der Waals surface area contributed by atoms with Gasteiger partial charge in [-0.25, -0.2) is 0 Å². The molecule has 0 bridgehead atoms. The van der Waals surface area contributed by atoms with Crippen LogP contribution in [0.1, 0.15) is 10.4 Å². The number of thioether (sulfide) groups is 1. The summed E-state index contributed by atoms with van der Waals surface area (Å²) in [7, 11) is 1.61. The number of carbonyl (C=O) groups excluding carboxylic acids is 1. The minimum Gasteiger partial charge on any atom is -0.497 e. The van der Waals surface area contributed by atoms with E-state index in [-0.39, 0.29) is 11.9 Å². The molecular formula is C16H22N2O3S. The first-order valence-corrected chi connectivity index (χ1v) is 8.77. The van der Waals surface area contributed by atoms with Crippen LogP contribution in [0.4, 0.5) is 0 Å². The molecule has 2 aliphatic heterocycles. The van der Waals surface area contributed by atoms with Crippen molar-refractivity contribution in [3.05, 3.63) is 29.8 Å². The summed E-state index contributed by atoms with van der Waals surface area (Å²) >= 11 is 1.95. The molecule has 1 N–H and O–H groups in total. The number of nitrogens with zero attached hydrogens (tertiary/aromatic N) is 2. The molecule has 120 valence electrons. The average molecular weight is 322 g/mol. The summed E-state index contributed by atoms with van der Waals surface area (Å²) in [5.74, 6) is 2.93. The molecule has 1 amide bonds. The smallest absolute Gasteiger partial charge is 0.254 e. The minimum atomic E-state index is -0.453. The van der Waals surface area contributed by atoms with Gasteiger partial charge < -0.3 is 14.7 Å². The number of likely N-dealkylation sites (tertiary alicyclic amines) is 1. The van der Waals surface area contributed by atoms with Gasteiger partial charge in [-0.1, -0.05) is 0 Å². The zero-order chi connectivity index (χ0) is 15.5. The number of aliphatic hydroxyl groups is 1. The van der Waals surface area contributed by atoms with Crippen LogP contribution in [0.5, 0.6) is 5.75 Å². The summed E-state index contributed by atoms with van der Waals surface area (Å²) in [5.41, 5.74) is 0.642. The number of β-amino-alcohol motifs (C(OH)–C–C–N with tert-alkyl or cyclic N) is 1. The molecule has 6 heteroatoms. The van der Waals surface area contributed by atoms with E-state index in [0.717, 1.165) is 30.3 Å². The molecule has 1 aromatic carbocycles. The fraction of sp³-hybridized carbons (Fsp3) is 0.562. The normalized spacial score (nSPS) is 26.2. The van der Waals surface area contributed by atoms with E-state index in [2.05, 4.69) is 4.90 Å². The lowest BCUT2D eigenvalue weighted by Gasteiger charge is -2.33. The number of rotatable bonds is 3. The van der Waals surface area contributed by atoms with Crippen LogP contribution in [0.2, 0.25) is 0 Å². The molecule has 0 saturated carbocycles. The third-order valence-corrected chi connectivity index (χ3v) is 5.34. The van der Waals surface area contributed by atoms with E-state index >= 15 is 0 Å².